The standard InChI is InChI=1S/C12H18N2O3/c1-2-17-7-3-6-14-12(16)9-4-5-10(13)11(15)8-9/h4-5,8,15H,2-3,6-7,13H2,1H3,(H,14,16). The summed E-state index contributed by atoms with van der Waals surface area (Å²) in [5.74, 6) is -0.302. The predicted molar refractivity (Wildman–Crippen MR) is 66.0 cm³/mol. The highest BCUT2D eigenvalue weighted by Crippen LogP contribution is 2.20. The molecule has 0 atom stereocenters. The topological polar surface area (TPSA) is 84.6 Å². The fourth-order valence-electron chi connectivity index (χ4n) is 1.31. The van der Waals surface area contributed by atoms with E-state index in [4.69, 9.17) is 10.5 Å². The molecule has 0 radical (unpaired) electrons. The number of hydrogen-bond acceptors (Lipinski definition) is 4. The monoisotopic (exact) mass is 238 g/mol. The third kappa shape index (κ3) is 4.32. The lowest BCUT2D eigenvalue weighted by molar-refractivity contribution is 0.0944. The van der Waals surface area contributed by atoms with Crippen LogP contribution in [0.25, 0.3) is 0 Å². The molecule has 0 bridgehead atoms. The Morgan fingerprint density at radius 1 is 1.53 bits per heavy atom. The zero-order chi connectivity index (χ0) is 12.7. The van der Waals surface area contributed by atoms with Crippen LogP contribution in [-0.4, -0.2) is 30.8 Å². The van der Waals surface area contributed by atoms with Gasteiger partial charge in [-0.05, 0) is 31.5 Å². The number of phenolic OH excluding ortho intramolecular Hbond substituents is 1. The highest BCUT2D eigenvalue weighted by atomic mass is 16.5. The second-order valence-electron chi connectivity index (χ2n) is 3.58. The number of nitrogens with two attached hydrogens (primary N) is 1. The van der Waals surface area contributed by atoms with Crippen LogP contribution in [0.15, 0.2) is 18.2 Å². The maximum atomic E-state index is 11.6. The number of benzene rings is 1. The minimum absolute atomic E-state index is 0.0769. The molecular weight excluding hydrogens is 220 g/mol. The Morgan fingerprint density at radius 3 is 2.94 bits per heavy atom. The second kappa shape index (κ2) is 6.75. The van der Waals surface area contributed by atoms with Crippen molar-refractivity contribution < 1.29 is 14.6 Å². The first-order valence-electron chi connectivity index (χ1n) is 5.59. The molecule has 0 unspecified atom stereocenters. The van der Waals surface area contributed by atoms with Gasteiger partial charge in [0.1, 0.15) is 5.75 Å². The van der Waals surface area contributed by atoms with E-state index in [2.05, 4.69) is 5.32 Å². The summed E-state index contributed by atoms with van der Waals surface area (Å²) < 4.78 is 5.15. The summed E-state index contributed by atoms with van der Waals surface area (Å²) in [6, 6.07) is 4.44. The van der Waals surface area contributed by atoms with E-state index in [1.807, 2.05) is 6.92 Å². The molecule has 5 heteroatoms. The molecule has 1 aromatic carbocycles. The molecule has 94 valence electrons. The van der Waals surface area contributed by atoms with E-state index in [1.165, 1.54) is 12.1 Å². The summed E-state index contributed by atoms with van der Waals surface area (Å²) in [6.07, 6.45) is 0.764. The number of amides is 1. The number of aromatic hydroxyl groups is 1. The van der Waals surface area contributed by atoms with Crippen molar-refractivity contribution in [3.05, 3.63) is 23.8 Å². The van der Waals surface area contributed by atoms with Crippen molar-refractivity contribution in [2.75, 3.05) is 25.5 Å². The lowest BCUT2D eigenvalue weighted by Gasteiger charge is -2.06. The van der Waals surface area contributed by atoms with Gasteiger partial charge in [0.25, 0.3) is 5.91 Å². The Labute approximate surface area is 101 Å². The van der Waals surface area contributed by atoms with Crippen molar-refractivity contribution in [2.45, 2.75) is 13.3 Å². The van der Waals surface area contributed by atoms with Crippen molar-refractivity contribution in [2.24, 2.45) is 0 Å². The van der Waals surface area contributed by atoms with Gasteiger partial charge in [-0.1, -0.05) is 0 Å². The summed E-state index contributed by atoms with van der Waals surface area (Å²) in [6.45, 7) is 3.78. The van der Waals surface area contributed by atoms with E-state index < -0.39 is 0 Å². The number of hydrogen-bond donors (Lipinski definition) is 3. The highest BCUT2D eigenvalue weighted by Gasteiger charge is 2.06. The Hall–Kier alpha value is -1.75. The SMILES string of the molecule is CCOCCCNC(=O)c1ccc(N)c(O)c1. The van der Waals surface area contributed by atoms with Gasteiger partial charge in [0.05, 0.1) is 5.69 Å². The van der Waals surface area contributed by atoms with E-state index in [0.717, 1.165) is 6.42 Å². The molecule has 0 aliphatic rings. The fourth-order valence-corrected chi connectivity index (χ4v) is 1.31. The van der Waals surface area contributed by atoms with Crippen LogP contribution in [0.5, 0.6) is 5.75 Å². The molecule has 0 aliphatic carbocycles. The van der Waals surface area contributed by atoms with Crippen LogP contribution in [0.2, 0.25) is 0 Å². The van der Waals surface area contributed by atoms with Gasteiger partial charge < -0.3 is 20.9 Å². The van der Waals surface area contributed by atoms with Gasteiger partial charge in [-0.2, -0.15) is 0 Å². The van der Waals surface area contributed by atoms with Crippen molar-refractivity contribution in [3.8, 4) is 5.75 Å². The number of anilines is 1. The molecular formula is C12H18N2O3. The van der Waals surface area contributed by atoms with Gasteiger partial charge in [-0.3, -0.25) is 4.79 Å². The van der Waals surface area contributed by atoms with Crippen LogP contribution in [0.3, 0.4) is 0 Å². The molecule has 1 amide bonds. The zero-order valence-corrected chi connectivity index (χ0v) is 9.90. The minimum Gasteiger partial charge on any atom is -0.506 e. The van der Waals surface area contributed by atoms with Crippen molar-refractivity contribution in [1.29, 1.82) is 0 Å². The van der Waals surface area contributed by atoms with Crippen LogP contribution in [0.1, 0.15) is 23.7 Å². The molecule has 4 N–H and O–H groups in total. The van der Waals surface area contributed by atoms with Crippen molar-refractivity contribution in [1.82, 2.24) is 5.32 Å². The van der Waals surface area contributed by atoms with Gasteiger partial charge in [-0.25, -0.2) is 0 Å². The molecule has 17 heavy (non-hydrogen) atoms. The summed E-state index contributed by atoms with van der Waals surface area (Å²) in [4.78, 5) is 11.6. The molecule has 0 saturated carbocycles. The van der Waals surface area contributed by atoms with Gasteiger partial charge in [0, 0.05) is 25.3 Å². The first kappa shape index (κ1) is 13.3. The number of carbonyl (C=O) groups is 1. The van der Waals surface area contributed by atoms with Crippen LogP contribution in [0.4, 0.5) is 5.69 Å². The molecule has 5 nitrogen and oxygen atoms in total. The highest BCUT2D eigenvalue weighted by molar-refractivity contribution is 5.95. The second-order valence-corrected chi connectivity index (χ2v) is 3.58. The van der Waals surface area contributed by atoms with Crippen LogP contribution >= 0.6 is 0 Å². The average Bonchev–Trinajstić information content (AvgIpc) is 2.32. The first-order chi connectivity index (χ1) is 8.15. The van der Waals surface area contributed by atoms with Gasteiger partial charge in [-0.15, -0.1) is 0 Å². The van der Waals surface area contributed by atoms with E-state index in [0.29, 0.717) is 25.3 Å². The normalized spacial score (nSPS) is 10.2. The lowest BCUT2D eigenvalue weighted by Crippen LogP contribution is -2.25. The van der Waals surface area contributed by atoms with Crippen LogP contribution < -0.4 is 11.1 Å². The quantitative estimate of drug-likeness (QED) is 0.394. The molecule has 0 saturated heterocycles. The molecule has 0 aromatic heterocycles. The minimum atomic E-state index is -0.225. The van der Waals surface area contributed by atoms with Gasteiger partial charge >= 0.3 is 0 Å². The van der Waals surface area contributed by atoms with Crippen LogP contribution in [0, 0.1) is 0 Å². The Kier molecular flexibility index (Phi) is 5.29. The number of nitrogen functional groups attached to an aromatic ring is 1. The molecule has 1 rings (SSSR count). The number of carbonyl (C=O) groups excluding carboxylic acids is 1. The summed E-state index contributed by atoms with van der Waals surface area (Å²) in [5, 5.41) is 12.1. The number of ether oxygens (including phenoxy) is 1. The van der Waals surface area contributed by atoms with Crippen molar-refractivity contribution >= 4 is 11.6 Å². The number of rotatable bonds is 6. The predicted octanol–water partition coefficient (Wildman–Crippen LogP) is 1.13. The third-order valence-corrected chi connectivity index (χ3v) is 2.25. The van der Waals surface area contributed by atoms with Gasteiger partial charge in [0.2, 0.25) is 0 Å². The summed E-state index contributed by atoms with van der Waals surface area (Å²) in [5.41, 5.74) is 6.10. The first-order valence-corrected chi connectivity index (χ1v) is 5.59. The molecule has 0 heterocycles. The van der Waals surface area contributed by atoms with Gasteiger partial charge in [0.15, 0.2) is 0 Å². The molecule has 0 aliphatic heterocycles. The summed E-state index contributed by atoms with van der Waals surface area (Å²) in [7, 11) is 0. The third-order valence-electron chi connectivity index (χ3n) is 2.25. The lowest BCUT2D eigenvalue weighted by atomic mass is 10.2. The Balaban J connectivity index is 2.39. The van der Waals surface area contributed by atoms with E-state index in [1.54, 1.807) is 6.07 Å². The number of nitrogens with one attached hydrogen (secondary N) is 1. The molecule has 0 fully saturated rings. The van der Waals surface area contributed by atoms with E-state index in [9.17, 15) is 9.90 Å². The summed E-state index contributed by atoms with van der Waals surface area (Å²) >= 11 is 0. The fraction of sp³-hybridized carbons (Fsp3) is 0.417. The molecule has 0 spiro atoms. The zero-order valence-electron chi connectivity index (χ0n) is 9.90. The van der Waals surface area contributed by atoms with Crippen molar-refractivity contribution in [3.63, 3.8) is 0 Å². The Morgan fingerprint density at radius 2 is 2.29 bits per heavy atom. The van der Waals surface area contributed by atoms with E-state index >= 15 is 0 Å². The maximum absolute atomic E-state index is 11.6. The number of phenols is 1. The van der Waals surface area contributed by atoms with Crippen LogP contribution in [-0.2, 0) is 4.74 Å². The molecule has 1 aromatic rings. The van der Waals surface area contributed by atoms with E-state index in [-0.39, 0.29) is 17.3 Å². The smallest absolute Gasteiger partial charge is 0.251 e. The maximum Gasteiger partial charge on any atom is 0.251 e. The average molecular weight is 238 g/mol. The Bertz CT molecular complexity index is 380. The largest absolute Gasteiger partial charge is 0.506 e.